The lowest BCUT2D eigenvalue weighted by Gasteiger charge is -2.13. The maximum Gasteiger partial charge on any atom is 0.170 e. The molecule has 0 saturated heterocycles. The molecular weight excluding hydrogens is 324 g/mol. The Hall–Kier alpha value is -2.31. The van der Waals surface area contributed by atoms with E-state index < -0.39 is 0 Å². The highest BCUT2D eigenvalue weighted by Gasteiger charge is 2.15. The number of thiazole rings is 1. The standard InChI is InChI=1S/C18H20N2O3S/c1-20(11-14-6-5-9-23-14)10-13-12-24-18(19-13)15-7-4-8-16(21-2)17(15)22-3/h4-9,12H,10-11H2,1-3H3. The van der Waals surface area contributed by atoms with Crippen molar-refractivity contribution in [2.75, 3.05) is 21.3 Å². The zero-order chi connectivity index (χ0) is 16.9. The highest BCUT2D eigenvalue weighted by atomic mass is 32.1. The average Bonchev–Trinajstić information content (AvgIpc) is 3.25. The number of para-hydroxylation sites is 1. The van der Waals surface area contributed by atoms with Gasteiger partial charge in [0, 0.05) is 11.9 Å². The minimum absolute atomic E-state index is 0.710. The van der Waals surface area contributed by atoms with Gasteiger partial charge in [0.1, 0.15) is 10.8 Å². The monoisotopic (exact) mass is 344 g/mol. The van der Waals surface area contributed by atoms with Gasteiger partial charge in [-0.15, -0.1) is 11.3 Å². The van der Waals surface area contributed by atoms with Gasteiger partial charge in [-0.2, -0.15) is 0 Å². The number of ether oxygens (including phenoxy) is 2. The molecule has 0 saturated carbocycles. The highest BCUT2D eigenvalue weighted by Crippen LogP contribution is 2.39. The van der Waals surface area contributed by atoms with Crippen molar-refractivity contribution in [3.8, 4) is 22.1 Å². The molecule has 0 atom stereocenters. The van der Waals surface area contributed by atoms with Gasteiger partial charge in [-0.25, -0.2) is 4.98 Å². The fourth-order valence-electron chi connectivity index (χ4n) is 2.56. The van der Waals surface area contributed by atoms with Gasteiger partial charge >= 0.3 is 0 Å². The molecule has 0 aliphatic carbocycles. The van der Waals surface area contributed by atoms with Crippen LogP contribution >= 0.6 is 11.3 Å². The van der Waals surface area contributed by atoms with Crippen LogP contribution in [0.3, 0.4) is 0 Å². The molecule has 5 nitrogen and oxygen atoms in total. The lowest BCUT2D eigenvalue weighted by molar-refractivity contribution is 0.285. The third-order valence-corrected chi connectivity index (χ3v) is 4.55. The van der Waals surface area contributed by atoms with Crippen molar-refractivity contribution in [3.63, 3.8) is 0 Å². The van der Waals surface area contributed by atoms with Gasteiger partial charge in [0.05, 0.1) is 38.3 Å². The lowest BCUT2D eigenvalue weighted by Crippen LogP contribution is -2.17. The summed E-state index contributed by atoms with van der Waals surface area (Å²) < 4.78 is 16.2. The van der Waals surface area contributed by atoms with E-state index in [0.29, 0.717) is 11.5 Å². The van der Waals surface area contributed by atoms with Gasteiger partial charge in [0.15, 0.2) is 11.5 Å². The first-order valence-corrected chi connectivity index (χ1v) is 8.46. The molecule has 0 aliphatic rings. The van der Waals surface area contributed by atoms with Crippen LogP contribution in [0.25, 0.3) is 10.6 Å². The second kappa shape index (κ2) is 7.51. The molecule has 0 amide bonds. The summed E-state index contributed by atoms with van der Waals surface area (Å²) in [5.41, 5.74) is 1.97. The average molecular weight is 344 g/mol. The number of hydrogen-bond donors (Lipinski definition) is 0. The van der Waals surface area contributed by atoms with Crippen molar-refractivity contribution < 1.29 is 13.9 Å². The molecule has 24 heavy (non-hydrogen) atoms. The fourth-order valence-corrected chi connectivity index (χ4v) is 3.39. The molecule has 0 N–H and O–H groups in total. The van der Waals surface area contributed by atoms with E-state index >= 15 is 0 Å². The van der Waals surface area contributed by atoms with Crippen molar-refractivity contribution in [1.29, 1.82) is 0 Å². The van der Waals surface area contributed by atoms with Crippen LogP contribution in [0.2, 0.25) is 0 Å². The molecule has 6 heteroatoms. The first-order chi connectivity index (χ1) is 11.7. The summed E-state index contributed by atoms with van der Waals surface area (Å²) in [5, 5.41) is 3.00. The van der Waals surface area contributed by atoms with E-state index in [9.17, 15) is 0 Å². The number of furan rings is 1. The molecule has 0 spiro atoms. The molecule has 1 aromatic carbocycles. The van der Waals surface area contributed by atoms with Crippen LogP contribution in [0.4, 0.5) is 0 Å². The van der Waals surface area contributed by atoms with Crippen LogP contribution in [-0.4, -0.2) is 31.2 Å². The molecule has 2 aromatic heterocycles. The molecule has 0 aliphatic heterocycles. The van der Waals surface area contributed by atoms with E-state index in [1.54, 1.807) is 31.8 Å². The van der Waals surface area contributed by atoms with Crippen molar-refractivity contribution in [2.24, 2.45) is 0 Å². The summed E-state index contributed by atoms with van der Waals surface area (Å²) in [6.07, 6.45) is 1.69. The number of nitrogens with zero attached hydrogens (tertiary/aromatic N) is 2. The van der Waals surface area contributed by atoms with Crippen LogP contribution in [-0.2, 0) is 13.1 Å². The van der Waals surface area contributed by atoms with Gasteiger partial charge in [-0.1, -0.05) is 6.07 Å². The molecule has 2 heterocycles. The molecule has 3 rings (SSSR count). The largest absolute Gasteiger partial charge is 0.493 e. The Morgan fingerprint density at radius 2 is 2.00 bits per heavy atom. The van der Waals surface area contributed by atoms with Crippen molar-refractivity contribution in [3.05, 3.63) is 53.4 Å². The summed E-state index contributed by atoms with van der Waals surface area (Å²) in [4.78, 5) is 6.91. The van der Waals surface area contributed by atoms with Crippen molar-refractivity contribution in [1.82, 2.24) is 9.88 Å². The fraction of sp³-hybridized carbons (Fsp3) is 0.278. The van der Waals surface area contributed by atoms with Gasteiger partial charge < -0.3 is 13.9 Å². The SMILES string of the molecule is COc1cccc(-c2nc(CN(C)Cc3ccco3)cs2)c1OC. The summed E-state index contributed by atoms with van der Waals surface area (Å²) in [6, 6.07) is 9.70. The zero-order valence-corrected chi connectivity index (χ0v) is 14.8. The summed E-state index contributed by atoms with van der Waals surface area (Å²) in [5.74, 6) is 2.37. The number of hydrogen-bond acceptors (Lipinski definition) is 6. The van der Waals surface area contributed by atoms with Gasteiger partial charge in [-0.3, -0.25) is 4.90 Å². The maximum absolute atomic E-state index is 5.50. The number of rotatable bonds is 7. The summed E-state index contributed by atoms with van der Waals surface area (Å²) in [6.45, 7) is 1.51. The van der Waals surface area contributed by atoms with E-state index in [1.165, 1.54) is 0 Å². The van der Waals surface area contributed by atoms with Gasteiger partial charge in [0.25, 0.3) is 0 Å². The molecule has 0 radical (unpaired) electrons. The molecule has 0 unspecified atom stereocenters. The van der Waals surface area contributed by atoms with E-state index in [4.69, 9.17) is 18.9 Å². The maximum atomic E-state index is 5.50. The van der Waals surface area contributed by atoms with Crippen LogP contribution in [0, 0.1) is 0 Å². The minimum atomic E-state index is 0.710. The molecule has 0 bridgehead atoms. The quantitative estimate of drug-likeness (QED) is 0.647. The zero-order valence-electron chi connectivity index (χ0n) is 14.0. The lowest BCUT2D eigenvalue weighted by atomic mass is 10.2. The van der Waals surface area contributed by atoms with E-state index in [-0.39, 0.29) is 0 Å². The van der Waals surface area contributed by atoms with Gasteiger partial charge in [0.2, 0.25) is 0 Å². The number of benzene rings is 1. The Kier molecular flexibility index (Phi) is 5.17. The predicted octanol–water partition coefficient (Wildman–Crippen LogP) is 4.05. The van der Waals surface area contributed by atoms with Crippen LogP contribution < -0.4 is 9.47 Å². The third-order valence-electron chi connectivity index (χ3n) is 3.62. The molecule has 3 aromatic rings. The minimum Gasteiger partial charge on any atom is -0.493 e. The van der Waals surface area contributed by atoms with Crippen LogP contribution in [0.15, 0.2) is 46.4 Å². The Labute approximate surface area is 145 Å². The normalized spacial score (nSPS) is 11.0. The second-order valence-corrected chi connectivity index (χ2v) is 6.29. The predicted molar refractivity (Wildman–Crippen MR) is 94.5 cm³/mol. The molecule has 126 valence electrons. The molecular formula is C18H20N2O3S. The van der Waals surface area contributed by atoms with Crippen molar-refractivity contribution in [2.45, 2.75) is 13.1 Å². The second-order valence-electron chi connectivity index (χ2n) is 5.44. The Balaban J connectivity index is 1.76. The third kappa shape index (κ3) is 3.60. The smallest absolute Gasteiger partial charge is 0.170 e. The van der Waals surface area contributed by atoms with E-state index in [0.717, 1.165) is 35.1 Å². The highest BCUT2D eigenvalue weighted by molar-refractivity contribution is 7.13. The van der Waals surface area contributed by atoms with Crippen LogP contribution in [0.5, 0.6) is 11.5 Å². The summed E-state index contributed by atoms with van der Waals surface area (Å²) >= 11 is 1.60. The van der Waals surface area contributed by atoms with Gasteiger partial charge in [-0.05, 0) is 31.3 Å². The number of aromatic nitrogens is 1. The first kappa shape index (κ1) is 16.5. The Bertz CT molecular complexity index is 783. The summed E-state index contributed by atoms with van der Waals surface area (Å²) in [7, 11) is 5.33. The van der Waals surface area contributed by atoms with Crippen LogP contribution in [0.1, 0.15) is 11.5 Å². The topological polar surface area (TPSA) is 47.7 Å². The number of methoxy groups -OCH3 is 2. The Morgan fingerprint density at radius 3 is 2.71 bits per heavy atom. The Morgan fingerprint density at radius 1 is 1.12 bits per heavy atom. The molecule has 0 fully saturated rings. The van der Waals surface area contributed by atoms with E-state index in [1.807, 2.05) is 37.4 Å². The van der Waals surface area contributed by atoms with Crippen molar-refractivity contribution >= 4 is 11.3 Å². The first-order valence-electron chi connectivity index (χ1n) is 7.58. The van der Waals surface area contributed by atoms with E-state index in [2.05, 4.69) is 10.3 Å².